The molecule has 0 atom stereocenters. The van der Waals surface area contributed by atoms with E-state index >= 15 is 0 Å². The predicted molar refractivity (Wildman–Crippen MR) is 101 cm³/mol. The van der Waals surface area contributed by atoms with Gasteiger partial charge in [-0.3, -0.25) is 9.78 Å². The molecule has 1 aromatic carbocycles. The number of rotatable bonds is 5. The molecule has 0 fully saturated rings. The number of amides is 1. The summed E-state index contributed by atoms with van der Waals surface area (Å²) < 4.78 is 38.8. The molecule has 0 unspecified atom stereocenters. The van der Waals surface area contributed by atoms with E-state index < -0.39 is 11.7 Å². The molecule has 2 heterocycles. The molecule has 1 aromatic heterocycles. The highest BCUT2D eigenvalue weighted by Crippen LogP contribution is 2.30. The minimum atomic E-state index is -4.39. The van der Waals surface area contributed by atoms with Crippen molar-refractivity contribution in [3.8, 4) is 0 Å². The van der Waals surface area contributed by atoms with Crippen molar-refractivity contribution in [2.75, 3.05) is 11.6 Å². The van der Waals surface area contributed by atoms with Crippen molar-refractivity contribution in [2.45, 2.75) is 25.9 Å². The number of hydrazone groups is 1. The molecule has 5 nitrogen and oxygen atoms in total. The average molecular weight is 388 g/mol. The van der Waals surface area contributed by atoms with Crippen LogP contribution in [0.4, 0.5) is 18.9 Å². The Morgan fingerprint density at radius 3 is 2.79 bits per heavy atom. The Morgan fingerprint density at radius 1 is 1.29 bits per heavy atom. The number of carbonyl (C=O) groups is 1. The summed E-state index contributed by atoms with van der Waals surface area (Å²) >= 11 is 0. The zero-order valence-electron chi connectivity index (χ0n) is 15.3. The van der Waals surface area contributed by atoms with Gasteiger partial charge in [-0.05, 0) is 30.7 Å². The van der Waals surface area contributed by atoms with E-state index in [0.717, 1.165) is 17.8 Å². The Hall–Kier alpha value is -3.16. The van der Waals surface area contributed by atoms with Gasteiger partial charge in [-0.1, -0.05) is 18.2 Å². The first-order valence-electron chi connectivity index (χ1n) is 8.65. The van der Waals surface area contributed by atoms with Crippen LogP contribution < -0.4 is 10.3 Å². The van der Waals surface area contributed by atoms with Crippen molar-refractivity contribution in [2.24, 2.45) is 5.10 Å². The first-order valence-corrected chi connectivity index (χ1v) is 8.65. The van der Waals surface area contributed by atoms with Gasteiger partial charge in [0.05, 0.1) is 16.9 Å². The summed E-state index contributed by atoms with van der Waals surface area (Å²) in [5, 5.41) is 8.37. The average Bonchev–Trinajstić information content (AvgIpc) is 2.66. The zero-order valence-corrected chi connectivity index (χ0v) is 15.3. The molecule has 1 aliphatic rings. The fourth-order valence-electron chi connectivity index (χ4n) is 3.09. The summed E-state index contributed by atoms with van der Waals surface area (Å²) in [7, 11) is 0. The van der Waals surface area contributed by atoms with Crippen LogP contribution in [0.2, 0.25) is 0 Å². The molecule has 1 amide bonds. The van der Waals surface area contributed by atoms with E-state index in [1.807, 2.05) is 0 Å². The fourth-order valence-corrected chi connectivity index (χ4v) is 3.09. The molecule has 8 heteroatoms. The molecule has 146 valence electrons. The van der Waals surface area contributed by atoms with Crippen LogP contribution in [0.3, 0.4) is 0 Å². The van der Waals surface area contributed by atoms with E-state index in [1.165, 1.54) is 6.07 Å². The summed E-state index contributed by atoms with van der Waals surface area (Å²) in [5.74, 6) is -0.159. The lowest BCUT2D eigenvalue weighted by Crippen LogP contribution is -2.35. The highest BCUT2D eigenvalue weighted by atomic mass is 19.4. The summed E-state index contributed by atoms with van der Waals surface area (Å²) in [6, 6.07) is 8.63. The lowest BCUT2D eigenvalue weighted by Gasteiger charge is -2.27. The third kappa shape index (κ3) is 4.21. The SMILES string of the molecule is C=NN(C1=C(C)C(=O)NCC1)c1ccnc(Cc2cccc(C(F)(F)F)c2)c1. The molecule has 28 heavy (non-hydrogen) atoms. The Balaban J connectivity index is 1.89. The first-order chi connectivity index (χ1) is 13.3. The van der Waals surface area contributed by atoms with Gasteiger partial charge in [-0.15, -0.1) is 0 Å². The minimum Gasteiger partial charge on any atom is -0.352 e. The molecule has 0 bridgehead atoms. The van der Waals surface area contributed by atoms with E-state index in [-0.39, 0.29) is 12.3 Å². The molecule has 0 spiro atoms. The van der Waals surface area contributed by atoms with Crippen LogP contribution in [0.15, 0.2) is 59.0 Å². The third-order valence-corrected chi connectivity index (χ3v) is 4.50. The van der Waals surface area contributed by atoms with Gasteiger partial charge >= 0.3 is 6.18 Å². The second-order valence-corrected chi connectivity index (χ2v) is 6.41. The molecule has 3 rings (SSSR count). The number of halogens is 3. The first kappa shape index (κ1) is 19.6. The third-order valence-electron chi connectivity index (χ3n) is 4.50. The number of benzene rings is 1. The van der Waals surface area contributed by atoms with E-state index in [0.29, 0.717) is 35.5 Å². The summed E-state index contributed by atoms with van der Waals surface area (Å²) in [5.41, 5.74) is 2.33. The largest absolute Gasteiger partial charge is 0.416 e. The van der Waals surface area contributed by atoms with Crippen molar-refractivity contribution in [3.05, 3.63) is 70.7 Å². The molecule has 0 saturated carbocycles. The number of aromatic nitrogens is 1. The van der Waals surface area contributed by atoms with Gasteiger partial charge in [0, 0.05) is 43.6 Å². The van der Waals surface area contributed by atoms with Crippen LogP contribution in [0.5, 0.6) is 0 Å². The molecular formula is C20H19F3N4O. The molecule has 2 aromatic rings. The maximum atomic E-state index is 12.9. The van der Waals surface area contributed by atoms with Crippen molar-refractivity contribution in [1.29, 1.82) is 0 Å². The normalized spacial score (nSPS) is 14.6. The van der Waals surface area contributed by atoms with Gasteiger partial charge in [-0.2, -0.15) is 18.3 Å². The monoisotopic (exact) mass is 388 g/mol. The lowest BCUT2D eigenvalue weighted by molar-refractivity contribution is -0.137. The maximum absolute atomic E-state index is 12.9. The zero-order chi connectivity index (χ0) is 20.3. The van der Waals surface area contributed by atoms with E-state index in [2.05, 4.69) is 22.1 Å². The quantitative estimate of drug-likeness (QED) is 0.624. The van der Waals surface area contributed by atoms with Gasteiger partial charge in [0.15, 0.2) is 0 Å². The topological polar surface area (TPSA) is 57.6 Å². The number of nitrogens with one attached hydrogen (secondary N) is 1. The second-order valence-electron chi connectivity index (χ2n) is 6.41. The van der Waals surface area contributed by atoms with E-state index in [1.54, 1.807) is 36.3 Å². The maximum Gasteiger partial charge on any atom is 0.416 e. The standard InChI is InChI=1S/C20H19F3N4O/c1-13-18(7-9-26-19(13)28)27(24-2)17-6-8-25-16(12-17)11-14-4-3-5-15(10-14)20(21,22)23/h3-6,8,10,12H,2,7,9,11H2,1H3,(H,26,28). The van der Waals surface area contributed by atoms with Gasteiger partial charge in [-0.25, -0.2) is 5.01 Å². The van der Waals surface area contributed by atoms with Crippen LogP contribution in [0.1, 0.15) is 30.2 Å². The molecule has 0 aliphatic carbocycles. The molecular weight excluding hydrogens is 369 g/mol. The van der Waals surface area contributed by atoms with Gasteiger partial charge in [0.25, 0.3) is 0 Å². The van der Waals surface area contributed by atoms with Crippen molar-refractivity contribution < 1.29 is 18.0 Å². The molecule has 0 saturated heterocycles. The highest BCUT2D eigenvalue weighted by molar-refractivity contribution is 5.95. The number of hydrogen-bond donors (Lipinski definition) is 1. The Labute approximate surface area is 160 Å². The van der Waals surface area contributed by atoms with Crippen LogP contribution in [-0.2, 0) is 17.4 Å². The van der Waals surface area contributed by atoms with E-state index in [4.69, 9.17) is 0 Å². The number of alkyl halides is 3. The molecule has 1 aliphatic heterocycles. The van der Waals surface area contributed by atoms with E-state index in [9.17, 15) is 18.0 Å². The smallest absolute Gasteiger partial charge is 0.352 e. The van der Waals surface area contributed by atoms with Crippen LogP contribution in [0, 0.1) is 0 Å². The highest BCUT2D eigenvalue weighted by Gasteiger charge is 2.30. The predicted octanol–water partition coefficient (Wildman–Crippen LogP) is 3.91. The second kappa shape index (κ2) is 7.84. The fraction of sp³-hybridized carbons (Fsp3) is 0.250. The Bertz CT molecular complexity index is 937. The summed E-state index contributed by atoms with van der Waals surface area (Å²) in [4.78, 5) is 16.2. The van der Waals surface area contributed by atoms with Crippen LogP contribution >= 0.6 is 0 Å². The Morgan fingerprint density at radius 2 is 2.07 bits per heavy atom. The van der Waals surface area contributed by atoms with Crippen LogP contribution in [-0.4, -0.2) is 24.2 Å². The summed E-state index contributed by atoms with van der Waals surface area (Å²) in [6.07, 6.45) is -1.99. The number of anilines is 1. The van der Waals surface area contributed by atoms with Gasteiger partial charge in [0.2, 0.25) is 5.91 Å². The number of carbonyl (C=O) groups excluding carboxylic acids is 1. The summed E-state index contributed by atoms with van der Waals surface area (Å²) in [6.45, 7) is 5.80. The lowest BCUT2D eigenvalue weighted by atomic mass is 10.0. The number of pyridine rings is 1. The van der Waals surface area contributed by atoms with Crippen molar-refractivity contribution in [3.63, 3.8) is 0 Å². The van der Waals surface area contributed by atoms with Crippen molar-refractivity contribution >= 4 is 18.3 Å². The number of hydrogen-bond acceptors (Lipinski definition) is 4. The van der Waals surface area contributed by atoms with Gasteiger partial charge in [0.1, 0.15) is 0 Å². The van der Waals surface area contributed by atoms with Crippen molar-refractivity contribution in [1.82, 2.24) is 10.3 Å². The Kier molecular flexibility index (Phi) is 5.48. The molecule has 1 N–H and O–H groups in total. The van der Waals surface area contributed by atoms with Crippen LogP contribution in [0.25, 0.3) is 0 Å². The molecule has 0 radical (unpaired) electrons. The van der Waals surface area contributed by atoms with Gasteiger partial charge < -0.3 is 5.32 Å². The minimum absolute atomic E-state index is 0.159. The number of nitrogens with zero attached hydrogens (tertiary/aromatic N) is 3.